The minimum absolute atomic E-state index is 0.158. The highest BCUT2D eigenvalue weighted by Gasteiger charge is 2.32. The smallest absolute Gasteiger partial charge is 0.254 e. The lowest BCUT2D eigenvalue weighted by atomic mass is 10.1. The molecule has 1 fully saturated rings. The fourth-order valence-electron chi connectivity index (χ4n) is 2.47. The molecule has 4 nitrogen and oxygen atoms in total. The van der Waals surface area contributed by atoms with Crippen molar-refractivity contribution in [2.75, 3.05) is 18.9 Å². The Kier molecular flexibility index (Phi) is 4.99. The molecule has 1 aliphatic carbocycles. The van der Waals surface area contributed by atoms with Crippen LogP contribution in [0.4, 0.5) is 5.82 Å². The summed E-state index contributed by atoms with van der Waals surface area (Å²) in [5.41, 5.74) is 1.77. The molecule has 110 valence electrons. The van der Waals surface area contributed by atoms with Crippen LogP contribution in [0.15, 0.2) is 12.1 Å². The number of pyridine rings is 1. The van der Waals surface area contributed by atoms with Crippen LogP contribution in [0.25, 0.3) is 0 Å². The Morgan fingerprint density at radius 1 is 1.35 bits per heavy atom. The molecule has 20 heavy (non-hydrogen) atoms. The molecule has 0 aliphatic heterocycles. The SMILES string of the molecule is CCCc1cc(C(=O)N(CCC)C2CC2)cc(NC)n1. The zero-order valence-corrected chi connectivity index (χ0v) is 12.8. The largest absolute Gasteiger partial charge is 0.373 e. The predicted octanol–water partition coefficient (Wildman–Crippen LogP) is 3.09. The van der Waals surface area contributed by atoms with Crippen LogP contribution in [0, 0.1) is 0 Å². The first-order valence-corrected chi connectivity index (χ1v) is 7.69. The normalized spacial score (nSPS) is 14.2. The van der Waals surface area contributed by atoms with Crippen molar-refractivity contribution in [3.8, 4) is 0 Å². The first-order chi connectivity index (χ1) is 9.69. The van der Waals surface area contributed by atoms with Crippen LogP contribution < -0.4 is 5.32 Å². The zero-order valence-electron chi connectivity index (χ0n) is 12.8. The maximum absolute atomic E-state index is 12.7. The zero-order chi connectivity index (χ0) is 14.5. The number of aryl methyl sites for hydroxylation is 1. The molecule has 1 saturated carbocycles. The maximum atomic E-state index is 12.7. The molecule has 0 unspecified atom stereocenters. The van der Waals surface area contributed by atoms with E-state index < -0.39 is 0 Å². The van der Waals surface area contributed by atoms with Crippen LogP contribution in [-0.2, 0) is 6.42 Å². The molecule has 1 amide bonds. The van der Waals surface area contributed by atoms with Crippen molar-refractivity contribution in [1.29, 1.82) is 0 Å². The number of aromatic nitrogens is 1. The highest BCUT2D eigenvalue weighted by molar-refractivity contribution is 5.95. The van der Waals surface area contributed by atoms with Gasteiger partial charge in [-0.2, -0.15) is 0 Å². The Morgan fingerprint density at radius 3 is 2.65 bits per heavy atom. The molecule has 0 spiro atoms. The van der Waals surface area contributed by atoms with Crippen molar-refractivity contribution in [3.63, 3.8) is 0 Å². The van der Waals surface area contributed by atoms with Gasteiger partial charge in [-0.3, -0.25) is 4.79 Å². The van der Waals surface area contributed by atoms with Gasteiger partial charge in [0.2, 0.25) is 0 Å². The third kappa shape index (κ3) is 3.50. The lowest BCUT2D eigenvalue weighted by Gasteiger charge is -2.22. The summed E-state index contributed by atoms with van der Waals surface area (Å²) >= 11 is 0. The lowest BCUT2D eigenvalue weighted by molar-refractivity contribution is 0.0743. The first-order valence-electron chi connectivity index (χ1n) is 7.69. The first kappa shape index (κ1) is 14.8. The molecule has 1 aliphatic rings. The van der Waals surface area contributed by atoms with Crippen LogP contribution in [0.1, 0.15) is 55.6 Å². The second-order valence-electron chi connectivity index (χ2n) is 5.46. The Hall–Kier alpha value is -1.58. The molecular formula is C16H25N3O. The molecule has 0 bridgehead atoms. The van der Waals surface area contributed by atoms with Crippen LogP contribution in [0.2, 0.25) is 0 Å². The van der Waals surface area contributed by atoms with Gasteiger partial charge in [-0.05, 0) is 37.8 Å². The summed E-state index contributed by atoms with van der Waals surface area (Å²) in [5, 5.41) is 3.05. The van der Waals surface area contributed by atoms with Gasteiger partial charge < -0.3 is 10.2 Å². The number of hydrogen-bond acceptors (Lipinski definition) is 3. The number of anilines is 1. The van der Waals surface area contributed by atoms with E-state index in [0.717, 1.165) is 55.7 Å². The number of carbonyl (C=O) groups excluding carboxylic acids is 1. The average Bonchev–Trinajstić information content (AvgIpc) is 3.28. The Morgan fingerprint density at radius 2 is 2.10 bits per heavy atom. The summed E-state index contributed by atoms with van der Waals surface area (Å²) in [7, 11) is 1.84. The quantitative estimate of drug-likeness (QED) is 0.831. The summed E-state index contributed by atoms with van der Waals surface area (Å²) in [4.78, 5) is 19.3. The predicted molar refractivity (Wildman–Crippen MR) is 82.1 cm³/mol. The Balaban J connectivity index is 2.24. The van der Waals surface area contributed by atoms with E-state index in [1.165, 1.54) is 0 Å². The monoisotopic (exact) mass is 275 g/mol. The summed E-state index contributed by atoms with van der Waals surface area (Å²) in [5.74, 6) is 0.942. The van der Waals surface area contributed by atoms with E-state index in [1.54, 1.807) is 0 Å². The van der Waals surface area contributed by atoms with Gasteiger partial charge in [-0.15, -0.1) is 0 Å². The van der Waals surface area contributed by atoms with E-state index in [0.29, 0.717) is 6.04 Å². The van der Waals surface area contributed by atoms with E-state index in [2.05, 4.69) is 24.1 Å². The van der Waals surface area contributed by atoms with Crippen LogP contribution in [0.3, 0.4) is 0 Å². The van der Waals surface area contributed by atoms with Gasteiger partial charge in [0.1, 0.15) is 5.82 Å². The van der Waals surface area contributed by atoms with Crippen molar-refractivity contribution in [2.45, 2.75) is 52.0 Å². The van der Waals surface area contributed by atoms with E-state index >= 15 is 0 Å². The number of hydrogen-bond donors (Lipinski definition) is 1. The van der Waals surface area contributed by atoms with Gasteiger partial charge in [0.15, 0.2) is 0 Å². The topological polar surface area (TPSA) is 45.2 Å². The standard InChI is InChI=1S/C16H25N3O/c1-4-6-13-10-12(11-15(17-3)18-13)16(20)19(9-5-2)14-7-8-14/h10-11,14H,4-9H2,1-3H3,(H,17,18). The lowest BCUT2D eigenvalue weighted by Crippen LogP contribution is -2.34. The van der Waals surface area contributed by atoms with Crippen molar-refractivity contribution < 1.29 is 4.79 Å². The average molecular weight is 275 g/mol. The van der Waals surface area contributed by atoms with Gasteiger partial charge in [-0.25, -0.2) is 4.98 Å². The third-order valence-corrected chi connectivity index (χ3v) is 3.60. The molecule has 0 atom stereocenters. The Bertz CT molecular complexity index is 469. The van der Waals surface area contributed by atoms with E-state index in [9.17, 15) is 4.79 Å². The molecule has 0 radical (unpaired) electrons. The molecule has 2 rings (SSSR count). The highest BCUT2D eigenvalue weighted by atomic mass is 16.2. The fraction of sp³-hybridized carbons (Fsp3) is 0.625. The van der Waals surface area contributed by atoms with Crippen LogP contribution in [0.5, 0.6) is 0 Å². The molecule has 1 aromatic rings. The highest BCUT2D eigenvalue weighted by Crippen LogP contribution is 2.28. The number of nitrogens with zero attached hydrogens (tertiary/aromatic N) is 2. The molecule has 1 heterocycles. The van der Waals surface area contributed by atoms with Crippen LogP contribution in [-0.4, -0.2) is 35.4 Å². The van der Waals surface area contributed by atoms with E-state index in [4.69, 9.17) is 0 Å². The van der Waals surface area contributed by atoms with Gasteiger partial charge in [0.05, 0.1) is 0 Å². The molecule has 4 heteroatoms. The minimum Gasteiger partial charge on any atom is -0.373 e. The number of carbonyl (C=O) groups is 1. The molecular weight excluding hydrogens is 250 g/mol. The number of rotatable bonds is 7. The van der Waals surface area contributed by atoms with Crippen molar-refractivity contribution in [1.82, 2.24) is 9.88 Å². The van der Waals surface area contributed by atoms with Gasteiger partial charge >= 0.3 is 0 Å². The fourth-order valence-corrected chi connectivity index (χ4v) is 2.47. The molecule has 1 N–H and O–H groups in total. The van der Waals surface area contributed by atoms with E-state index in [1.807, 2.05) is 24.1 Å². The second kappa shape index (κ2) is 6.73. The summed E-state index contributed by atoms with van der Waals surface area (Å²) < 4.78 is 0. The maximum Gasteiger partial charge on any atom is 0.254 e. The number of nitrogens with one attached hydrogen (secondary N) is 1. The summed E-state index contributed by atoms with van der Waals surface area (Å²) in [6.45, 7) is 5.10. The van der Waals surface area contributed by atoms with Crippen molar-refractivity contribution in [3.05, 3.63) is 23.4 Å². The minimum atomic E-state index is 0.158. The molecule has 0 saturated heterocycles. The van der Waals surface area contributed by atoms with Gasteiger partial charge in [0, 0.05) is 30.9 Å². The van der Waals surface area contributed by atoms with Crippen molar-refractivity contribution >= 4 is 11.7 Å². The molecule has 0 aromatic carbocycles. The van der Waals surface area contributed by atoms with Crippen molar-refractivity contribution in [2.24, 2.45) is 0 Å². The summed E-state index contributed by atoms with van der Waals surface area (Å²) in [6.07, 6.45) is 5.26. The van der Waals surface area contributed by atoms with Gasteiger partial charge in [-0.1, -0.05) is 20.3 Å². The summed E-state index contributed by atoms with van der Waals surface area (Å²) in [6, 6.07) is 4.29. The second-order valence-corrected chi connectivity index (χ2v) is 5.46. The van der Waals surface area contributed by atoms with Crippen LogP contribution >= 0.6 is 0 Å². The molecule has 1 aromatic heterocycles. The third-order valence-electron chi connectivity index (χ3n) is 3.60. The number of amides is 1. The van der Waals surface area contributed by atoms with E-state index in [-0.39, 0.29) is 5.91 Å². The Labute approximate surface area is 121 Å². The van der Waals surface area contributed by atoms with Gasteiger partial charge in [0.25, 0.3) is 5.91 Å².